The zero-order chi connectivity index (χ0) is 21.5. The van der Waals surface area contributed by atoms with Crippen molar-refractivity contribution < 1.29 is 23.1 Å². The van der Waals surface area contributed by atoms with E-state index in [0.717, 1.165) is 25.0 Å². The molecule has 2 amide bonds. The molecule has 1 heterocycles. The number of hydrogen-bond acceptors (Lipinski definition) is 3. The van der Waals surface area contributed by atoms with Gasteiger partial charge in [-0.1, -0.05) is 25.5 Å². The van der Waals surface area contributed by atoms with Gasteiger partial charge in [0.2, 0.25) is 0 Å². The number of likely N-dealkylation sites (tertiary alicyclic amines) is 1. The number of aryl methyl sites for hydroxylation is 1. The number of nitrogens with zero attached hydrogens (tertiary/aromatic N) is 1. The van der Waals surface area contributed by atoms with Gasteiger partial charge in [0.05, 0.1) is 5.56 Å². The summed E-state index contributed by atoms with van der Waals surface area (Å²) in [7, 11) is 0. The van der Waals surface area contributed by atoms with Gasteiger partial charge in [-0.3, -0.25) is 9.59 Å². The van der Waals surface area contributed by atoms with Crippen LogP contribution in [-0.2, 0) is 11.2 Å². The van der Waals surface area contributed by atoms with Crippen LogP contribution in [0.15, 0.2) is 42.5 Å². The maximum Gasteiger partial charge on any atom is 0.260 e. The Bertz CT molecular complexity index is 879. The van der Waals surface area contributed by atoms with Gasteiger partial charge in [-0.05, 0) is 49.1 Å². The molecule has 2 aromatic rings. The lowest BCUT2D eigenvalue weighted by Gasteiger charge is -2.32. The number of amides is 2. The normalized spacial score (nSPS) is 14.4. The molecule has 1 N–H and O–H groups in total. The number of hydrogen-bond donors (Lipinski definition) is 1. The van der Waals surface area contributed by atoms with E-state index < -0.39 is 17.5 Å². The average molecular weight is 416 g/mol. The molecule has 0 bridgehead atoms. The van der Waals surface area contributed by atoms with E-state index in [9.17, 15) is 18.4 Å². The second kappa shape index (κ2) is 10.2. The second-order valence-electron chi connectivity index (χ2n) is 7.44. The highest BCUT2D eigenvalue weighted by atomic mass is 19.1. The molecule has 0 aromatic heterocycles. The minimum atomic E-state index is -0.889. The van der Waals surface area contributed by atoms with Gasteiger partial charge in [0, 0.05) is 25.2 Å². The first-order chi connectivity index (χ1) is 14.5. The third kappa shape index (κ3) is 5.78. The molecule has 30 heavy (non-hydrogen) atoms. The van der Waals surface area contributed by atoms with Crippen LogP contribution in [0.3, 0.4) is 0 Å². The molecule has 3 rings (SSSR count). The molecular weight excluding hydrogens is 390 g/mol. The maximum absolute atomic E-state index is 13.7. The van der Waals surface area contributed by atoms with Crippen LogP contribution in [0.5, 0.6) is 5.75 Å². The van der Waals surface area contributed by atoms with Crippen LogP contribution in [0.25, 0.3) is 0 Å². The van der Waals surface area contributed by atoms with Crippen molar-refractivity contribution in [1.29, 1.82) is 0 Å². The Morgan fingerprint density at radius 1 is 1.10 bits per heavy atom. The molecule has 1 fully saturated rings. The smallest absolute Gasteiger partial charge is 0.260 e. The molecule has 0 unspecified atom stereocenters. The third-order valence-corrected chi connectivity index (χ3v) is 5.18. The zero-order valence-electron chi connectivity index (χ0n) is 17.0. The fourth-order valence-electron chi connectivity index (χ4n) is 3.49. The maximum atomic E-state index is 13.7. The predicted octanol–water partition coefficient (Wildman–Crippen LogP) is 3.72. The summed E-state index contributed by atoms with van der Waals surface area (Å²) in [5, 5.41) is 2.76. The average Bonchev–Trinajstić information content (AvgIpc) is 2.73. The zero-order valence-corrected chi connectivity index (χ0v) is 17.0. The third-order valence-electron chi connectivity index (χ3n) is 5.18. The molecule has 1 aliphatic heterocycles. The van der Waals surface area contributed by atoms with Crippen LogP contribution < -0.4 is 10.1 Å². The second-order valence-corrected chi connectivity index (χ2v) is 7.44. The largest absolute Gasteiger partial charge is 0.484 e. The Morgan fingerprint density at radius 3 is 2.43 bits per heavy atom. The number of carbonyl (C=O) groups is 2. The highest BCUT2D eigenvalue weighted by molar-refractivity contribution is 5.94. The van der Waals surface area contributed by atoms with Crippen molar-refractivity contribution in [3.05, 3.63) is 65.2 Å². The van der Waals surface area contributed by atoms with Crippen LogP contribution in [0.1, 0.15) is 42.1 Å². The molecule has 0 saturated carbocycles. The summed E-state index contributed by atoms with van der Waals surface area (Å²) >= 11 is 0. The minimum absolute atomic E-state index is 0.0368. The van der Waals surface area contributed by atoms with Gasteiger partial charge < -0.3 is 15.0 Å². The summed E-state index contributed by atoms with van der Waals surface area (Å²) in [4.78, 5) is 26.3. The number of halogens is 2. The van der Waals surface area contributed by atoms with Gasteiger partial charge >= 0.3 is 0 Å². The molecule has 0 atom stereocenters. The quantitative estimate of drug-likeness (QED) is 0.749. The van der Waals surface area contributed by atoms with E-state index in [2.05, 4.69) is 12.2 Å². The van der Waals surface area contributed by atoms with Gasteiger partial charge in [0.1, 0.15) is 17.4 Å². The van der Waals surface area contributed by atoms with Crippen molar-refractivity contribution in [2.24, 2.45) is 0 Å². The van der Waals surface area contributed by atoms with E-state index in [-0.39, 0.29) is 24.1 Å². The van der Waals surface area contributed by atoms with Crippen molar-refractivity contribution >= 4 is 11.8 Å². The van der Waals surface area contributed by atoms with Crippen molar-refractivity contribution in [3.8, 4) is 5.75 Å². The first kappa shape index (κ1) is 21.7. The topological polar surface area (TPSA) is 58.6 Å². The fraction of sp³-hybridized carbons (Fsp3) is 0.391. The van der Waals surface area contributed by atoms with Crippen LogP contribution in [-0.4, -0.2) is 42.5 Å². The Kier molecular flexibility index (Phi) is 7.38. The van der Waals surface area contributed by atoms with Gasteiger partial charge in [0.15, 0.2) is 6.61 Å². The molecule has 1 aliphatic rings. The van der Waals surface area contributed by atoms with Crippen LogP contribution in [0.4, 0.5) is 8.78 Å². The predicted molar refractivity (Wildman–Crippen MR) is 109 cm³/mol. The molecule has 1 saturated heterocycles. The van der Waals surface area contributed by atoms with Crippen LogP contribution in [0.2, 0.25) is 0 Å². The SMILES string of the molecule is CCCc1ccc(OCC(=O)N2CCC(NC(=O)c3ccc(F)cc3F)CC2)cc1. The lowest BCUT2D eigenvalue weighted by atomic mass is 10.0. The van der Waals surface area contributed by atoms with Crippen molar-refractivity contribution in [3.63, 3.8) is 0 Å². The van der Waals surface area contributed by atoms with Crippen LogP contribution >= 0.6 is 0 Å². The molecule has 7 heteroatoms. The van der Waals surface area contributed by atoms with E-state index in [1.165, 1.54) is 5.56 Å². The Hall–Kier alpha value is -2.96. The Morgan fingerprint density at radius 2 is 1.80 bits per heavy atom. The highest BCUT2D eigenvalue weighted by Crippen LogP contribution is 2.16. The monoisotopic (exact) mass is 416 g/mol. The van der Waals surface area contributed by atoms with Gasteiger partial charge in [-0.2, -0.15) is 0 Å². The number of carbonyl (C=O) groups excluding carboxylic acids is 2. The Labute approximate surface area is 175 Å². The van der Waals surface area contributed by atoms with Gasteiger partial charge in [0.25, 0.3) is 11.8 Å². The summed E-state index contributed by atoms with van der Waals surface area (Å²) in [5.41, 5.74) is 1.05. The van der Waals surface area contributed by atoms with E-state index >= 15 is 0 Å². The Balaban J connectivity index is 1.43. The molecular formula is C23H26F2N2O3. The lowest BCUT2D eigenvalue weighted by molar-refractivity contribution is -0.134. The van der Waals surface area contributed by atoms with Crippen LogP contribution in [0, 0.1) is 11.6 Å². The minimum Gasteiger partial charge on any atom is -0.484 e. The first-order valence-corrected chi connectivity index (χ1v) is 10.2. The summed E-state index contributed by atoms with van der Waals surface area (Å²) in [6, 6.07) is 10.4. The molecule has 5 nitrogen and oxygen atoms in total. The fourth-order valence-corrected chi connectivity index (χ4v) is 3.49. The summed E-state index contributed by atoms with van der Waals surface area (Å²) in [6.07, 6.45) is 3.21. The first-order valence-electron chi connectivity index (χ1n) is 10.2. The van der Waals surface area contributed by atoms with E-state index in [1.54, 1.807) is 4.90 Å². The highest BCUT2D eigenvalue weighted by Gasteiger charge is 2.25. The molecule has 160 valence electrons. The number of nitrogens with one attached hydrogen (secondary N) is 1. The van der Waals surface area contributed by atoms with Crippen molar-refractivity contribution in [2.75, 3.05) is 19.7 Å². The molecule has 0 radical (unpaired) electrons. The standard InChI is InChI=1S/C23H26F2N2O3/c1-2-3-16-4-7-19(8-5-16)30-15-22(28)27-12-10-18(11-13-27)26-23(29)20-9-6-17(24)14-21(20)25/h4-9,14,18H,2-3,10-13,15H2,1H3,(H,26,29). The molecule has 0 aliphatic carbocycles. The summed E-state index contributed by atoms with van der Waals surface area (Å²) < 4.78 is 32.3. The van der Waals surface area contributed by atoms with Gasteiger partial charge in [-0.25, -0.2) is 8.78 Å². The number of piperidine rings is 1. The van der Waals surface area contributed by atoms with E-state index in [4.69, 9.17) is 4.74 Å². The number of rotatable bonds is 7. The van der Waals surface area contributed by atoms with E-state index in [0.29, 0.717) is 37.7 Å². The molecule has 0 spiro atoms. The number of benzene rings is 2. The summed E-state index contributed by atoms with van der Waals surface area (Å²) in [6.45, 7) is 3.05. The molecule has 2 aromatic carbocycles. The van der Waals surface area contributed by atoms with Crippen molar-refractivity contribution in [2.45, 2.75) is 38.6 Å². The van der Waals surface area contributed by atoms with Gasteiger partial charge in [-0.15, -0.1) is 0 Å². The van der Waals surface area contributed by atoms with E-state index in [1.807, 2.05) is 24.3 Å². The lowest BCUT2D eigenvalue weighted by Crippen LogP contribution is -2.47. The van der Waals surface area contributed by atoms with Crippen molar-refractivity contribution in [1.82, 2.24) is 10.2 Å². The summed E-state index contributed by atoms with van der Waals surface area (Å²) in [5.74, 6) is -1.64. The number of ether oxygens (including phenoxy) is 1.